The molecule has 0 amide bonds. The molecule has 0 saturated heterocycles. The molecule has 0 aliphatic carbocycles. The molecule has 29 heavy (non-hydrogen) atoms. The lowest BCUT2D eigenvalue weighted by Crippen LogP contribution is -2.48. The number of nitrogens with zero attached hydrogens (tertiary/aromatic N) is 1. The van der Waals surface area contributed by atoms with Crippen molar-refractivity contribution in [1.82, 2.24) is 4.31 Å². The van der Waals surface area contributed by atoms with E-state index in [4.69, 9.17) is 5.73 Å². The Kier molecular flexibility index (Phi) is 7.45. The molecule has 0 bridgehead atoms. The monoisotopic (exact) mass is 430 g/mol. The normalized spacial score (nSPS) is 14.9. The molecule has 0 unspecified atom stereocenters. The zero-order valence-electron chi connectivity index (χ0n) is 16.2. The van der Waals surface area contributed by atoms with E-state index in [-0.39, 0.29) is 11.4 Å². The van der Waals surface area contributed by atoms with E-state index < -0.39 is 40.0 Å². The molecule has 0 saturated carbocycles. The fraction of sp³-hybridized carbons (Fsp3) is 0.400. The van der Waals surface area contributed by atoms with Crippen molar-refractivity contribution >= 4 is 10.0 Å². The van der Waals surface area contributed by atoms with Gasteiger partial charge in [0.05, 0.1) is 16.6 Å². The highest BCUT2D eigenvalue weighted by Crippen LogP contribution is 2.30. The molecule has 2 atom stereocenters. The number of hydrogen-bond donors (Lipinski definition) is 2. The highest BCUT2D eigenvalue weighted by Gasteiger charge is 2.33. The summed E-state index contributed by atoms with van der Waals surface area (Å²) in [6.45, 7) is 2.98. The number of hydrogen-bond acceptors (Lipinski definition) is 4. The second-order valence-corrected chi connectivity index (χ2v) is 9.00. The molecule has 0 radical (unpaired) electrons. The third-order valence-electron chi connectivity index (χ3n) is 4.54. The summed E-state index contributed by atoms with van der Waals surface area (Å²) in [5, 5.41) is 10.5. The Morgan fingerprint density at radius 1 is 1.03 bits per heavy atom. The van der Waals surface area contributed by atoms with E-state index in [0.29, 0.717) is 6.42 Å². The van der Waals surface area contributed by atoms with Crippen molar-refractivity contribution in [2.24, 2.45) is 5.73 Å². The van der Waals surface area contributed by atoms with Crippen molar-refractivity contribution < 1.29 is 26.7 Å². The zero-order chi connectivity index (χ0) is 21.8. The fourth-order valence-electron chi connectivity index (χ4n) is 2.88. The maximum Gasteiger partial charge on any atom is 0.416 e. The molecule has 9 heteroatoms. The minimum Gasteiger partial charge on any atom is -0.390 e. The third-order valence-corrected chi connectivity index (χ3v) is 6.60. The molecule has 2 aromatic rings. The number of nitrogens with two attached hydrogens (primary N) is 1. The number of aliphatic hydroxyl groups is 1. The summed E-state index contributed by atoms with van der Waals surface area (Å²) >= 11 is 0. The highest BCUT2D eigenvalue weighted by atomic mass is 32.2. The molecule has 2 aromatic carbocycles. The SMILES string of the molecule is CC(C)N(C[C@@H](O)[C@@H](N)Cc1ccccc1)S(=O)(=O)c1ccc(C(F)(F)F)cc1. The molecule has 0 aromatic heterocycles. The molecule has 3 N–H and O–H groups in total. The van der Waals surface area contributed by atoms with E-state index in [1.807, 2.05) is 30.3 Å². The lowest BCUT2D eigenvalue weighted by Gasteiger charge is -2.30. The quantitative estimate of drug-likeness (QED) is 0.674. The highest BCUT2D eigenvalue weighted by molar-refractivity contribution is 7.89. The maximum absolute atomic E-state index is 12.9. The van der Waals surface area contributed by atoms with Gasteiger partial charge in [-0.2, -0.15) is 17.5 Å². The minimum atomic E-state index is -4.56. The van der Waals surface area contributed by atoms with Crippen LogP contribution >= 0.6 is 0 Å². The van der Waals surface area contributed by atoms with Crippen molar-refractivity contribution in [1.29, 1.82) is 0 Å². The predicted octanol–water partition coefficient (Wildman–Crippen LogP) is 3.04. The third kappa shape index (κ3) is 6.02. The van der Waals surface area contributed by atoms with Crippen LogP contribution in [0.1, 0.15) is 25.0 Å². The number of halogens is 3. The maximum atomic E-state index is 12.9. The minimum absolute atomic E-state index is 0.269. The summed E-state index contributed by atoms with van der Waals surface area (Å²) in [5.41, 5.74) is 6.02. The second kappa shape index (κ2) is 9.25. The van der Waals surface area contributed by atoms with Crippen LogP contribution in [0.25, 0.3) is 0 Å². The van der Waals surface area contributed by atoms with Crippen LogP contribution in [0, 0.1) is 0 Å². The van der Waals surface area contributed by atoms with E-state index in [9.17, 15) is 26.7 Å². The van der Waals surface area contributed by atoms with Gasteiger partial charge in [0.15, 0.2) is 0 Å². The molecule has 0 spiro atoms. The van der Waals surface area contributed by atoms with Crippen LogP contribution in [0.4, 0.5) is 13.2 Å². The Labute approximate surface area is 169 Å². The van der Waals surface area contributed by atoms with Crippen LogP contribution in [0.3, 0.4) is 0 Å². The van der Waals surface area contributed by atoms with Crippen LogP contribution in [0.2, 0.25) is 0 Å². The topological polar surface area (TPSA) is 83.6 Å². The van der Waals surface area contributed by atoms with Crippen molar-refractivity contribution in [3.8, 4) is 0 Å². The Morgan fingerprint density at radius 3 is 2.07 bits per heavy atom. The molecule has 0 fully saturated rings. The number of aliphatic hydroxyl groups excluding tert-OH is 1. The van der Waals surface area contributed by atoms with Gasteiger partial charge < -0.3 is 10.8 Å². The number of sulfonamides is 1. The first-order chi connectivity index (χ1) is 13.4. The standard InChI is InChI=1S/C20H25F3N2O3S/c1-14(2)25(13-19(26)18(24)12-15-6-4-3-5-7-15)29(27,28)17-10-8-16(9-11-17)20(21,22)23/h3-11,14,18-19,26H,12-13,24H2,1-2H3/t18-,19+/m0/s1. The van der Waals surface area contributed by atoms with Crippen LogP contribution in [-0.4, -0.2) is 42.6 Å². The van der Waals surface area contributed by atoms with E-state index in [1.165, 1.54) is 0 Å². The fourth-order valence-corrected chi connectivity index (χ4v) is 4.53. The van der Waals surface area contributed by atoms with Gasteiger partial charge in [0.1, 0.15) is 0 Å². The molecule has 2 rings (SSSR count). The average molecular weight is 430 g/mol. The molecule has 0 aliphatic heterocycles. The first-order valence-electron chi connectivity index (χ1n) is 9.09. The summed E-state index contributed by atoms with van der Waals surface area (Å²) < 4.78 is 65.1. The summed E-state index contributed by atoms with van der Waals surface area (Å²) in [4.78, 5) is -0.275. The molecule has 160 valence electrons. The van der Waals surface area contributed by atoms with Gasteiger partial charge >= 0.3 is 6.18 Å². The van der Waals surface area contributed by atoms with Crippen LogP contribution in [0.5, 0.6) is 0 Å². The average Bonchev–Trinajstić information content (AvgIpc) is 2.65. The lowest BCUT2D eigenvalue weighted by atomic mass is 10.0. The van der Waals surface area contributed by atoms with Crippen LogP contribution < -0.4 is 5.73 Å². The van der Waals surface area contributed by atoms with Gasteiger partial charge in [-0.1, -0.05) is 30.3 Å². The van der Waals surface area contributed by atoms with Crippen molar-refractivity contribution in [3.63, 3.8) is 0 Å². The predicted molar refractivity (Wildman–Crippen MR) is 105 cm³/mol. The van der Waals surface area contributed by atoms with Gasteiger partial charge in [-0.15, -0.1) is 0 Å². The largest absolute Gasteiger partial charge is 0.416 e. The van der Waals surface area contributed by atoms with E-state index in [2.05, 4.69) is 0 Å². The zero-order valence-corrected chi connectivity index (χ0v) is 17.0. The molecule has 0 heterocycles. The van der Waals surface area contributed by atoms with Gasteiger partial charge in [-0.05, 0) is 50.1 Å². The summed E-state index contributed by atoms with van der Waals surface area (Å²) in [6, 6.07) is 11.3. The van der Waals surface area contributed by atoms with Crippen LogP contribution in [-0.2, 0) is 22.6 Å². The summed E-state index contributed by atoms with van der Waals surface area (Å²) in [6.07, 6.45) is -5.35. The van der Waals surface area contributed by atoms with E-state index >= 15 is 0 Å². The number of rotatable bonds is 8. The lowest BCUT2D eigenvalue weighted by molar-refractivity contribution is -0.137. The molecule has 5 nitrogen and oxygen atoms in total. The Morgan fingerprint density at radius 2 is 1.59 bits per heavy atom. The van der Waals surface area contributed by atoms with Gasteiger partial charge in [0.25, 0.3) is 0 Å². The summed E-state index contributed by atoms with van der Waals surface area (Å²) in [7, 11) is -4.11. The second-order valence-electron chi connectivity index (χ2n) is 7.11. The van der Waals surface area contributed by atoms with Crippen molar-refractivity contribution in [2.45, 2.75) is 49.5 Å². The van der Waals surface area contributed by atoms with Gasteiger partial charge in [-0.25, -0.2) is 8.42 Å². The van der Waals surface area contributed by atoms with E-state index in [1.54, 1.807) is 13.8 Å². The van der Waals surface area contributed by atoms with Gasteiger partial charge in [-0.3, -0.25) is 0 Å². The van der Waals surface area contributed by atoms with Gasteiger partial charge in [0.2, 0.25) is 10.0 Å². The number of alkyl halides is 3. The first-order valence-corrected chi connectivity index (χ1v) is 10.5. The number of benzene rings is 2. The smallest absolute Gasteiger partial charge is 0.390 e. The van der Waals surface area contributed by atoms with Gasteiger partial charge in [0, 0.05) is 18.6 Å². The van der Waals surface area contributed by atoms with Crippen LogP contribution in [0.15, 0.2) is 59.5 Å². The van der Waals surface area contributed by atoms with E-state index in [0.717, 1.165) is 34.1 Å². The summed E-state index contributed by atoms with van der Waals surface area (Å²) in [5.74, 6) is 0. The van der Waals surface area contributed by atoms with Crippen molar-refractivity contribution in [2.75, 3.05) is 6.54 Å². The molecular formula is C20H25F3N2O3S. The molecular weight excluding hydrogens is 405 g/mol. The Bertz CT molecular complexity index is 885. The van der Waals surface area contributed by atoms with Crippen molar-refractivity contribution in [3.05, 3.63) is 65.7 Å². The Balaban J connectivity index is 2.18. The molecule has 0 aliphatic rings. The first kappa shape index (κ1) is 23.3. The Hall–Kier alpha value is -1.94.